The second-order valence-corrected chi connectivity index (χ2v) is 21.7. The lowest BCUT2D eigenvalue weighted by atomic mass is 10.1. The molecule has 3 rings (SSSR count). The van der Waals surface area contributed by atoms with Crippen molar-refractivity contribution in [2.24, 2.45) is 0 Å². The van der Waals surface area contributed by atoms with Crippen LogP contribution < -0.4 is 29.1 Å². The van der Waals surface area contributed by atoms with Crippen LogP contribution in [0.15, 0.2) is 103 Å². The fourth-order valence-electron chi connectivity index (χ4n) is 9.67. The predicted octanol–water partition coefficient (Wildman–Crippen LogP) is 19.5. The molecule has 0 fully saturated rings. The van der Waals surface area contributed by atoms with Gasteiger partial charge in [0.15, 0.2) is 17.3 Å². The van der Waals surface area contributed by atoms with E-state index in [9.17, 15) is 24.0 Å². The normalized spacial score (nSPS) is 11.0. The van der Waals surface area contributed by atoms with Crippen molar-refractivity contribution in [3.8, 4) is 40.1 Å². The van der Waals surface area contributed by atoms with Crippen molar-refractivity contribution >= 4 is 40.8 Å². The zero-order valence-electron chi connectivity index (χ0n) is 50.0. The molecule has 0 spiro atoms. The fraction of sp³-hybridized carbons (Fsp3) is 0.571. The van der Waals surface area contributed by atoms with Crippen molar-refractivity contribution < 1.29 is 52.1 Å². The smallest absolute Gasteiger partial charge is 0.311 e. The molecule has 12 heteroatoms. The molecule has 0 saturated carbocycles. The first-order chi connectivity index (χ1) is 40.0. The molecule has 0 aliphatic carbocycles. The summed E-state index contributed by atoms with van der Waals surface area (Å²) in [6.07, 6.45) is 42.7. The Morgan fingerprint density at radius 1 is 0.354 bits per heavy atom. The number of ether oxygens (including phenoxy) is 5. The average molecular weight is 1130 g/mol. The monoisotopic (exact) mass is 1130 g/mol. The molecule has 452 valence electrons. The molecule has 1 aromatic heterocycles. The molecule has 0 bridgehead atoms. The quantitative estimate of drug-likeness (QED) is 0.0228. The number of rotatable bonds is 51. The van der Waals surface area contributed by atoms with Crippen LogP contribution in [0.2, 0.25) is 0 Å². The highest BCUT2D eigenvalue weighted by Crippen LogP contribution is 2.41. The number of fused-ring (bicyclic) bond motifs is 1. The molecule has 1 heterocycles. The molecule has 0 saturated heterocycles. The standard InChI is InChI=1S/C70H100O12/c1-6-11-16-21-26-31-36-41-46-62(71)77-57-54-60(80-65(74)49-44-39-34-29-24-19-14-9-4)67-61(55-57)81-69(70(68(67)76)82-66(75)50-45-40-35-30-25-20-15-10-5)56-51-52-58(78-63(72)47-42-37-32-27-22-17-12-7-2)59(53-56)79-64(73)48-43-38-33-28-23-18-13-8-3/h6-10,51-55H,1-5,11-50H2. The molecule has 0 radical (unpaired) electrons. The van der Waals surface area contributed by atoms with Gasteiger partial charge in [0.2, 0.25) is 11.2 Å². The van der Waals surface area contributed by atoms with Gasteiger partial charge >= 0.3 is 29.8 Å². The summed E-state index contributed by atoms with van der Waals surface area (Å²) in [7, 11) is 0. The number of hydrogen-bond donors (Lipinski definition) is 0. The maximum atomic E-state index is 15.1. The Labute approximate surface area is 491 Å². The SMILES string of the molecule is C=CCCCCCCCCC(=O)Oc1cc(OC(=O)CCCCCCCCC=C)c2c(=O)c(OC(=O)CCCCCCCCC=C)c(-c3ccc(OC(=O)CCCCCCCCC=C)c(OC(=O)CCCCCCCCC=C)c3)oc2c1. The van der Waals surface area contributed by atoms with E-state index in [4.69, 9.17) is 28.1 Å². The van der Waals surface area contributed by atoms with E-state index in [0.29, 0.717) is 32.1 Å². The number of allylic oxidation sites excluding steroid dienone is 5. The number of hydrogen-bond acceptors (Lipinski definition) is 12. The molecular formula is C70H100O12. The summed E-state index contributed by atoms with van der Waals surface area (Å²) in [6.45, 7) is 19.0. The van der Waals surface area contributed by atoms with Crippen LogP contribution in [0.4, 0.5) is 0 Å². The molecular weight excluding hydrogens is 1030 g/mol. The summed E-state index contributed by atoms with van der Waals surface area (Å²) >= 11 is 0. The van der Waals surface area contributed by atoms with Crippen LogP contribution in [0.25, 0.3) is 22.3 Å². The first-order valence-electron chi connectivity index (χ1n) is 31.4. The van der Waals surface area contributed by atoms with Gasteiger partial charge in [-0.15, -0.1) is 32.9 Å². The van der Waals surface area contributed by atoms with E-state index in [1.165, 1.54) is 30.3 Å². The molecule has 0 amide bonds. The van der Waals surface area contributed by atoms with E-state index >= 15 is 4.79 Å². The highest BCUT2D eigenvalue weighted by molar-refractivity contribution is 5.92. The van der Waals surface area contributed by atoms with Crippen LogP contribution in [-0.4, -0.2) is 29.8 Å². The van der Waals surface area contributed by atoms with Crippen molar-refractivity contribution in [1.82, 2.24) is 0 Å². The van der Waals surface area contributed by atoms with Gasteiger partial charge in [-0.1, -0.05) is 159 Å². The molecule has 0 N–H and O–H groups in total. The highest BCUT2D eigenvalue weighted by atomic mass is 16.6. The highest BCUT2D eigenvalue weighted by Gasteiger charge is 2.27. The van der Waals surface area contributed by atoms with Crippen molar-refractivity contribution in [3.63, 3.8) is 0 Å². The largest absolute Gasteiger partial charge is 0.452 e. The molecule has 0 unspecified atom stereocenters. The molecule has 3 aromatic rings. The Balaban J connectivity index is 2.10. The minimum Gasteiger partial charge on any atom is -0.452 e. The van der Waals surface area contributed by atoms with Gasteiger partial charge < -0.3 is 28.1 Å². The third-order valence-electron chi connectivity index (χ3n) is 14.4. The maximum absolute atomic E-state index is 15.1. The first-order valence-corrected chi connectivity index (χ1v) is 31.4. The number of esters is 5. The van der Waals surface area contributed by atoms with Crippen molar-refractivity contribution in [2.75, 3.05) is 0 Å². The van der Waals surface area contributed by atoms with Crippen molar-refractivity contribution in [1.29, 1.82) is 0 Å². The number of unbranched alkanes of at least 4 members (excludes halogenated alkanes) is 30. The van der Waals surface area contributed by atoms with Gasteiger partial charge in [0.25, 0.3) is 0 Å². The maximum Gasteiger partial charge on any atom is 0.311 e. The van der Waals surface area contributed by atoms with Crippen LogP contribution in [0, 0.1) is 0 Å². The molecule has 0 aliphatic heterocycles. The zero-order chi connectivity index (χ0) is 59.3. The second kappa shape index (κ2) is 45.2. The molecule has 0 aliphatic rings. The Morgan fingerprint density at radius 3 is 1.05 bits per heavy atom. The van der Waals surface area contributed by atoms with Gasteiger partial charge in [-0.05, 0) is 115 Å². The summed E-state index contributed by atoms with van der Waals surface area (Å²) in [4.78, 5) is 82.9. The van der Waals surface area contributed by atoms with Crippen LogP contribution in [0.3, 0.4) is 0 Å². The minimum atomic E-state index is -0.820. The van der Waals surface area contributed by atoms with Gasteiger partial charge in [-0.2, -0.15) is 0 Å². The summed E-state index contributed by atoms with van der Waals surface area (Å²) in [6, 6.07) is 7.09. The summed E-state index contributed by atoms with van der Waals surface area (Å²) in [5.41, 5.74) is -0.795. The molecule has 2 aromatic carbocycles. The number of carbonyl (C=O) groups is 5. The lowest BCUT2D eigenvalue weighted by Crippen LogP contribution is -2.18. The van der Waals surface area contributed by atoms with Gasteiger partial charge in [-0.3, -0.25) is 28.8 Å². The average Bonchev–Trinajstić information content (AvgIpc) is 3.65. The van der Waals surface area contributed by atoms with E-state index < -0.39 is 41.0 Å². The molecule has 82 heavy (non-hydrogen) atoms. The van der Waals surface area contributed by atoms with Crippen molar-refractivity contribution in [2.45, 2.75) is 257 Å². The van der Waals surface area contributed by atoms with Gasteiger partial charge in [0.1, 0.15) is 22.5 Å². The third kappa shape index (κ3) is 30.7. The van der Waals surface area contributed by atoms with Gasteiger partial charge in [-0.25, -0.2) is 0 Å². The molecule has 0 atom stereocenters. The van der Waals surface area contributed by atoms with Gasteiger partial charge in [0, 0.05) is 49.8 Å². The Kier molecular flexibility index (Phi) is 38.6. The summed E-state index contributed by atoms with van der Waals surface area (Å²) in [5.74, 6) is -3.88. The Hall–Kier alpha value is -6.30. The van der Waals surface area contributed by atoms with Crippen LogP contribution in [0.1, 0.15) is 257 Å². The van der Waals surface area contributed by atoms with E-state index in [1.54, 1.807) is 0 Å². The van der Waals surface area contributed by atoms with Crippen molar-refractivity contribution in [3.05, 3.63) is 104 Å². The Bertz CT molecular complexity index is 2460. The molecule has 12 nitrogen and oxygen atoms in total. The number of benzene rings is 2. The fourth-order valence-corrected chi connectivity index (χ4v) is 9.67. The predicted molar refractivity (Wildman–Crippen MR) is 332 cm³/mol. The lowest BCUT2D eigenvalue weighted by molar-refractivity contribution is -0.137. The van der Waals surface area contributed by atoms with E-state index in [-0.39, 0.29) is 77.4 Å². The van der Waals surface area contributed by atoms with Gasteiger partial charge in [0.05, 0.1) is 0 Å². The van der Waals surface area contributed by atoms with Crippen LogP contribution in [0.5, 0.6) is 28.7 Å². The third-order valence-corrected chi connectivity index (χ3v) is 14.4. The van der Waals surface area contributed by atoms with Crippen LogP contribution >= 0.6 is 0 Å². The van der Waals surface area contributed by atoms with E-state index in [2.05, 4.69) is 32.9 Å². The topological polar surface area (TPSA) is 162 Å². The van der Waals surface area contributed by atoms with E-state index in [0.717, 1.165) is 193 Å². The summed E-state index contributed by atoms with van der Waals surface area (Å²) < 4.78 is 36.2. The zero-order valence-corrected chi connectivity index (χ0v) is 50.0. The van der Waals surface area contributed by atoms with E-state index in [1.807, 2.05) is 30.4 Å². The lowest BCUT2D eigenvalue weighted by Gasteiger charge is -2.16. The van der Waals surface area contributed by atoms with Crippen LogP contribution in [-0.2, 0) is 24.0 Å². The second-order valence-electron chi connectivity index (χ2n) is 21.7. The number of carbonyl (C=O) groups excluding carboxylic acids is 5. The summed E-state index contributed by atoms with van der Waals surface area (Å²) in [5, 5.41) is -0.201. The minimum absolute atomic E-state index is 0.00572. The Morgan fingerprint density at radius 2 is 0.671 bits per heavy atom. The first kappa shape index (κ1) is 70.0.